The van der Waals surface area contributed by atoms with Crippen LogP contribution in [0.15, 0.2) is 197 Å². The number of benzene rings is 8. The molecule has 0 unspecified atom stereocenters. The number of nitrogens with zero attached hydrogens (tertiary/aromatic N) is 2. The van der Waals surface area contributed by atoms with Gasteiger partial charge in [-0.15, -0.1) is 0 Å². The molecule has 0 atom stereocenters. The third-order valence-electron chi connectivity index (χ3n) is 12.8. The molecule has 2 aromatic heterocycles. The van der Waals surface area contributed by atoms with Crippen molar-refractivity contribution in [3.63, 3.8) is 0 Å². The third kappa shape index (κ3) is 6.61. The van der Waals surface area contributed by atoms with Gasteiger partial charge in [-0.2, -0.15) is 0 Å². The second-order valence-corrected chi connectivity index (χ2v) is 17.4. The van der Waals surface area contributed by atoms with Crippen LogP contribution < -0.4 is 9.80 Å². The Balaban J connectivity index is 1.11. The van der Waals surface area contributed by atoms with Crippen LogP contribution >= 0.6 is 0 Å². The molecule has 11 rings (SSSR count). The van der Waals surface area contributed by atoms with Crippen LogP contribution in [-0.4, -0.2) is 0 Å². The van der Waals surface area contributed by atoms with E-state index in [0.717, 1.165) is 99.5 Å². The lowest BCUT2D eigenvalue weighted by Crippen LogP contribution is -2.11. The van der Waals surface area contributed by atoms with E-state index in [1.165, 1.54) is 16.7 Å². The molecule has 0 radical (unpaired) electrons. The van der Waals surface area contributed by atoms with E-state index in [9.17, 15) is 0 Å². The Kier molecular flexibility index (Phi) is 9.39. The zero-order valence-electron chi connectivity index (χ0n) is 36.3. The lowest BCUT2D eigenvalue weighted by molar-refractivity contribution is 0.668. The summed E-state index contributed by atoms with van der Waals surface area (Å²) in [6.07, 6.45) is 0. The number of anilines is 6. The predicted molar refractivity (Wildman–Crippen MR) is 267 cm³/mol. The lowest BCUT2D eigenvalue weighted by atomic mass is 10.00. The van der Waals surface area contributed by atoms with Crippen LogP contribution in [0.3, 0.4) is 0 Å². The van der Waals surface area contributed by atoms with E-state index in [4.69, 9.17) is 8.83 Å². The molecule has 4 bridgehead atoms. The Labute approximate surface area is 367 Å². The summed E-state index contributed by atoms with van der Waals surface area (Å²) in [4.78, 5) is 4.73. The first-order valence-corrected chi connectivity index (χ1v) is 22.1. The molecule has 0 spiro atoms. The van der Waals surface area contributed by atoms with Crippen molar-refractivity contribution in [3.05, 3.63) is 205 Å². The average molecular weight is 817 g/mol. The maximum Gasteiger partial charge on any atom is 0.159 e. The molecule has 0 aliphatic carbocycles. The van der Waals surface area contributed by atoms with Gasteiger partial charge in [0.05, 0.1) is 22.7 Å². The van der Waals surface area contributed by atoms with Crippen LogP contribution in [0.5, 0.6) is 0 Å². The third-order valence-corrected chi connectivity index (χ3v) is 12.8. The molecular weight excluding hydrogens is 769 g/mol. The Morgan fingerprint density at radius 3 is 1.38 bits per heavy atom. The summed E-state index contributed by atoms with van der Waals surface area (Å²) >= 11 is 0. The first-order chi connectivity index (χ1) is 30.8. The fourth-order valence-corrected chi connectivity index (χ4v) is 9.34. The standard InChI is InChI=1S/C59H48N2O2/c1-37(2)41-24-29-45(30-25-41)60(54-16-10-14-50-48-12-6-8-18-56(48)62-58(50)54)52-34-21-40-20-33-47-39(5)43(22-23-44(52)36-40)28-35-53(47)61(46-31-26-42(27-32-46)38(3)4)55-17-11-15-51-49-13-7-9-19-57(49)63-59(51)55/h6-38H,1-5H3. The van der Waals surface area contributed by atoms with E-state index in [2.05, 4.69) is 220 Å². The first kappa shape index (κ1) is 38.4. The van der Waals surface area contributed by atoms with Gasteiger partial charge in [0.2, 0.25) is 0 Å². The average Bonchev–Trinajstić information content (AvgIpc) is 3.89. The maximum atomic E-state index is 6.69. The molecule has 0 aliphatic heterocycles. The summed E-state index contributed by atoms with van der Waals surface area (Å²) in [5.74, 6) is 0.855. The smallest absolute Gasteiger partial charge is 0.159 e. The molecule has 4 heteroatoms. The molecule has 0 aliphatic rings. The van der Waals surface area contributed by atoms with Gasteiger partial charge in [0, 0.05) is 38.3 Å². The van der Waals surface area contributed by atoms with Crippen molar-refractivity contribution in [3.8, 4) is 0 Å². The molecule has 0 saturated carbocycles. The number of furan rings is 2. The van der Waals surface area contributed by atoms with E-state index in [-0.39, 0.29) is 0 Å². The minimum Gasteiger partial charge on any atom is -0.454 e. The first-order valence-electron chi connectivity index (χ1n) is 22.1. The largest absolute Gasteiger partial charge is 0.454 e. The van der Waals surface area contributed by atoms with Crippen molar-refractivity contribution in [2.24, 2.45) is 0 Å². The quantitative estimate of drug-likeness (QED) is 0.153. The van der Waals surface area contributed by atoms with Gasteiger partial charge >= 0.3 is 0 Å². The van der Waals surface area contributed by atoms with Crippen molar-refractivity contribution in [1.82, 2.24) is 0 Å². The summed E-state index contributed by atoms with van der Waals surface area (Å²) in [7, 11) is 0. The van der Waals surface area contributed by atoms with Crippen molar-refractivity contribution >= 4 is 99.5 Å². The normalized spacial score (nSPS) is 11.9. The zero-order valence-corrected chi connectivity index (χ0v) is 36.3. The van der Waals surface area contributed by atoms with Gasteiger partial charge in [-0.05, 0) is 118 Å². The molecular formula is C59H48N2O2. The van der Waals surface area contributed by atoms with E-state index < -0.39 is 0 Å². The molecule has 11 aromatic rings. The van der Waals surface area contributed by atoms with Crippen molar-refractivity contribution in [2.45, 2.75) is 46.5 Å². The van der Waals surface area contributed by atoms with E-state index in [1.807, 2.05) is 12.1 Å². The highest BCUT2D eigenvalue weighted by atomic mass is 16.3. The fraction of sp³-hybridized carbons (Fsp3) is 0.119. The van der Waals surface area contributed by atoms with Crippen LogP contribution in [0.1, 0.15) is 56.2 Å². The van der Waals surface area contributed by atoms with Gasteiger partial charge in [0.25, 0.3) is 0 Å². The van der Waals surface area contributed by atoms with Crippen molar-refractivity contribution < 1.29 is 8.83 Å². The van der Waals surface area contributed by atoms with Crippen molar-refractivity contribution in [2.75, 3.05) is 9.80 Å². The Bertz CT molecular complexity index is 3540. The van der Waals surface area contributed by atoms with Gasteiger partial charge in [-0.1, -0.05) is 149 Å². The highest BCUT2D eigenvalue weighted by Gasteiger charge is 2.23. The fourth-order valence-electron chi connectivity index (χ4n) is 9.34. The van der Waals surface area contributed by atoms with Crippen molar-refractivity contribution in [1.29, 1.82) is 0 Å². The molecule has 9 aromatic carbocycles. The van der Waals surface area contributed by atoms with Crippen LogP contribution in [0.25, 0.3) is 65.4 Å². The predicted octanol–water partition coefficient (Wildman–Crippen LogP) is 17.8. The molecule has 63 heavy (non-hydrogen) atoms. The summed E-state index contributed by atoms with van der Waals surface area (Å²) < 4.78 is 13.4. The van der Waals surface area contributed by atoms with Gasteiger partial charge in [0.15, 0.2) is 11.2 Å². The minimum absolute atomic E-state index is 0.427. The summed E-state index contributed by atoms with van der Waals surface area (Å²) in [6, 6.07) is 68.0. The number of aryl methyl sites for hydroxylation is 1. The number of rotatable bonds is 8. The molecule has 0 amide bonds. The summed E-state index contributed by atoms with van der Waals surface area (Å²) in [5.41, 5.74) is 13.6. The second kappa shape index (κ2) is 15.4. The van der Waals surface area contributed by atoms with Crippen LogP contribution in [0.2, 0.25) is 0 Å². The Morgan fingerprint density at radius 2 is 0.825 bits per heavy atom. The lowest BCUT2D eigenvalue weighted by Gasteiger charge is -2.28. The molecule has 0 fully saturated rings. The van der Waals surface area contributed by atoms with Gasteiger partial charge in [-0.25, -0.2) is 0 Å². The summed E-state index contributed by atoms with van der Waals surface area (Å²) in [6.45, 7) is 11.2. The zero-order chi connectivity index (χ0) is 42.8. The molecule has 2 heterocycles. The SMILES string of the molecule is Cc1c2ccc(N(c3ccc(C(C)C)cc3)c3cccc4c3oc3ccccc34)c1ccc1ccc(N(c3ccc(C(C)C)cc3)c3cccc4c3oc3ccccc34)c(cc2)c1. The maximum absolute atomic E-state index is 6.69. The van der Waals surface area contributed by atoms with Gasteiger partial charge < -0.3 is 18.6 Å². The van der Waals surface area contributed by atoms with Crippen LogP contribution in [0, 0.1) is 6.92 Å². The number of fused-ring (bicyclic) bond motifs is 10. The number of hydrogen-bond donors (Lipinski definition) is 0. The number of para-hydroxylation sites is 4. The highest BCUT2D eigenvalue weighted by molar-refractivity contribution is 6.12. The minimum atomic E-state index is 0.427. The monoisotopic (exact) mass is 816 g/mol. The van der Waals surface area contributed by atoms with Gasteiger partial charge in [0.1, 0.15) is 11.2 Å². The van der Waals surface area contributed by atoms with Gasteiger partial charge in [-0.3, -0.25) is 0 Å². The van der Waals surface area contributed by atoms with Crippen LogP contribution in [-0.2, 0) is 0 Å². The molecule has 306 valence electrons. The topological polar surface area (TPSA) is 32.8 Å². The Hall–Kier alpha value is -7.56. The Morgan fingerprint density at radius 1 is 0.365 bits per heavy atom. The molecule has 0 N–H and O–H groups in total. The molecule has 4 nitrogen and oxygen atoms in total. The summed E-state index contributed by atoms with van der Waals surface area (Å²) in [5, 5.41) is 8.95. The second-order valence-electron chi connectivity index (χ2n) is 17.4. The van der Waals surface area contributed by atoms with E-state index >= 15 is 0 Å². The highest BCUT2D eigenvalue weighted by Crippen LogP contribution is 2.46. The van der Waals surface area contributed by atoms with E-state index in [1.54, 1.807) is 0 Å². The van der Waals surface area contributed by atoms with E-state index in [0.29, 0.717) is 11.8 Å². The number of hydrogen-bond acceptors (Lipinski definition) is 4. The molecule has 0 saturated heterocycles. The van der Waals surface area contributed by atoms with Crippen LogP contribution in [0.4, 0.5) is 34.1 Å².